The number of ketones is 1. The topological polar surface area (TPSA) is 115 Å². The number of furan rings is 1. The quantitative estimate of drug-likeness (QED) is 0.135. The fraction of sp³-hybridized carbons (Fsp3) is 0.333. The summed E-state index contributed by atoms with van der Waals surface area (Å²) in [5, 5.41) is 20.0. The van der Waals surface area contributed by atoms with Crippen LogP contribution in [0.1, 0.15) is 53.7 Å². The van der Waals surface area contributed by atoms with Crippen LogP contribution in [-0.4, -0.2) is 35.4 Å². The van der Waals surface area contributed by atoms with Gasteiger partial charge in [0.15, 0.2) is 5.78 Å². The summed E-state index contributed by atoms with van der Waals surface area (Å²) in [6.45, 7) is 9.76. The minimum atomic E-state index is -1.45. The van der Waals surface area contributed by atoms with Crippen LogP contribution < -0.4 is 14.2 Å². The summed E-state index contributed by atoms with van der Waals surface area (Å²) in [4.78, 5) is 22.6. The van der Waals surface area contributed by atoms with E-state index in [1.807, 2.05) is 19.9 Å². The minimum Gasteiger partial charge on any atom is -0.507 e. The van der Waals surface area contributed by atoms with Crippen LogP contribution in [0.5, 0.6) is 23.2 Å². The number of allylic oxidation sites excluding steroid dienone is 1. The maximum absolute atomic E-state index is 11.7. The van der Waals surface area contributed by atoms with Gasteiger partial charge in [0.25, 0.3) is 5.95 Å². The molecule has 2 N–H and O–H groups in total. The lowest BCUT2D eigenvalue weighted by Gasteiger charge is -2.16. The first-order valence-corrected chi connectivity index (χ1v) is 11.5. The van der Waals surface area contributed by atoms with E-state index in [0.29, 0.717) is 66.1 Å². The van der Waals surface area contributed by atoms with E-state index >= 15 is 0 Å². The molecule has 1 aromatic heterocycles. The highest BCUT2D eigenvalue weighted by atomic mass is 16.7. The van der Waals surface area contributed by atoms with Crippen LogP contribution >= 0.6 is 0 Å². The molecule has 186 valence electrons. The van der Waals surface area contributed by atoms with Crippen molar-refractivity contribution >= 4 is 22.9 Å². The summed E-state index contributed by atoms with van der Waals surface area (Å²) in [6, 6.07) is 6.69. The van der Waals surface area contributed by atoms with Gasteiger partial charge in [0.05, 0.1) is 18.8 Å². The molecule has 0 amide bonds. The Morgan fingerprint density at radius 1 is 1.17 bits per heavy atom. The molecule has 3 aromatic rings. The van der Waals surface area contributed by atoms with Crippen molar-refractivity contribution in [2.24, 2.45) is 0 Å². The summed E-state index contributed by atoms with van der Waals surface area (Å²) in [5.74, 6) is 0.883. The first-order chi connectivity index (χ1) is 16.8. The molecule has 0 fully saturated rings. The van der Waals surface area contributed by atoms with Crippen LogP contribution in [0.25, 0.3) is 11.0 Å². The summed E-state index contributed by atoms with van der Waals surface area (Å²) in [7, 11) is 0. The molecule has 0 bridgehead atoms. The van der Waals surface area contributed by atoms with Crippen LogP contribution in [0.15, 0.2) is 41.3 Å². The van der Waals surface area contributed by atoms with Gasteiger partial charge in [-0.15, -0.1) is 6.58 Å². The van der Waals surface area contributed by atoms with Gasteiger partial charge in [0.1, 0.15) is 22.8 Å². The third kappa shape index (κ3) is 5.95. The average molecular weight is 483 g/mol. The van der Waals surface area contributed by atoms with E-state index in [0.717, 1.165) is 17.5 Å². The van der Waals surface area contributed by atoms with Crippen molar-refractivity contribution < 1.29 is 38.4 Å². The molecule has 1 heterocycles. The molecule has 0 saturated heterocycles. The van der Waals surface area contributed by atoms with Crippen LogP contribution in [-0.2, 0) is 12.8 Å². The van der Waals surface area contributed by atoms with E-state index in [1.165, 1.54) is 13.0 Å². The number of aryl methyl sites for hydroxylation is 1. The zero-order valence-corrected chi connectivity index (χ0v) is 20.2. The van der Waals surface area contributed by atoms with Crippen molar-refractivity contribution in [3.8, 4) is 23.2 Å². The molecule has 0 unspecified atom stereocenters. The highest BCUT2D eigenvalue weighted by Gasteiger charge is 2.18. The van der Waals surface area contributed by atoms with E-state index in [2.05, 4.69) is 11.3 Å². The summed E-state index contributed by atoms with van der Waals surface area (Å²) >= 11 is 0. The van der Waals surface area contributed by atoms with Gasteiger partial charge in [0, 0.05) is 29.0 Å². The Balaban J connectivity index is 1.70. The smallest absolute Gasteiger partial charge is 0.507 e. The fourth-order valence-corrected chi connectivity index (χ4v) is 3.97. The maximum atomic E-state index is 11.7. The van der Waals surface area contributed by atoms with Crippen LogP contribution in [0, 0.1) is 6.92 Å². The van der Waals surface area contributed by atoms with Crippen LogP contribution in [0.4, 0.5) is 4.79 Å². The van der Waals surface area contributed by atoms with Gasteiger partial charge in [0.2, 0.25) is 0 Å². The molecule has 8 nitrogen and oxygen atoms in total. The van der Waals surface area contributed by atoms with Gasteiger partial charge in [-0.05, 0) is 50.5 Å². The summed E-state index contributed by atoms with van der Waals surface area (Å²) < 4.78 is 22.2. The van der Waals surface area contributed by atoms with Gasteiger partial charge >= 0.3 is 6.16 Å². The van der Waals surface area contributed by atoms with Crippen LogP contribution in [0.2, 0.25) is 0 Å². The second kappa shape index (κ2) is 11.5. The molecule has 8 heteroatoms. The number of phenols is 1. The van der Waals surface area contributed by atoms with Gasteiger partial charge in [-0.2, -0.15) is 0 Å². The molecule has 0 aliphatic heterocycles. The molecule has 3 rings (SSSR count). The summed E-state index contributed by atoms with van der Waals surface area (Å²) in [5.41, 5.74) is 3.04. The number of benzene rings is 2. The summed E-state index contributed by atoms with van der Waals surface area (Å²) in [6.07, 6.45) is 2.84. The Hall–Kier alpha value is -3.94. The zero-order valence-electron chi connectivity index (χ0n) is 20.2. The number of phenolic OH excluding ortho intramolecular Hbond substituents is 1. The SMILES string of the molecule is C=CCc1cc2cc(OC(=O)O)oc2c(C)c1OCCCOc1ccc(C(C)=O)c(O)c1CCC. The molecule has 0 aliphatic carbocycles. The largest absolute Gasteiger partial charge is 0.513 e. The third-order valence-corrected chi connectivity index (χ3v) is 5.50. The minimum absolute atomic E-state index is 0.0178. The molecule has 0 saturated carbocycles. The number of rotatable bonds is 12. The molecule has 0 radical (unpaired) electrons. The number of carboxylic acid groups (broad SMARTS) is 1. The molecular formula is C27H30O8. The lowest BCUT2D eigenvalue weighted by atomic mass is 10.0. The number of Topliss-reactive ketones (excluding diaryl/α,β-unsaturated/α-hetero) is 1. The van der Waals surface area contributed by atoms with Gasteiger partial charge < -0.3 is 28.8 Å². The second-order valence-corrected chi connectivity index (χ2v) is 8.13. The number of hydrogen-bond acceptors (Lipinski definition) is 7. The van der Waals surface area contributed by atoms with E-state index < -0.39 is 6.16 Å². The fourth-order valence-electron chi connectivity index (χ4n) is 3.97. The Morgan fingerprint density at radius 3 is 2.57 bits per heavy atom. The van der Waals surface area contributed by atoms with Crippen molar-refractivity contribution in [1.29, 1.82) is 0 Å². The molecule has 0 spiro atoms. The van der Waals surface area contributed by atoms with Crippen molar-refractivity contribution in [2.45, 2.75) is 46.5 Å². The predicted molar refractivity (Wildman–Crippen MR) is 131 cm³/mol. The molecule has 2 aromatic carbocycles. The maximum Gasteiger partial charge on any atom is 0.513 e. The standard InChI is InChI=1S/C27H30O8/c1-5-8-18-14-19-15-23(35-27(30)31)34-26(19)16(3)25(18)33-13-7-12-32-22-11-10-20(17(4)28)24(29)21(22)9-6-2/h5,10-11,14-15,29H,1,6-9,12-13H2,2-4H3,(H,30,31). The normalized spacial score (nSPS) is 10.8. The highest BCUT2D eigenvalue weighted by Crippen LogP contribution is 2.37. The molecule has 0 aliphatic rings. The Bertz CT molecular complexity index is 1240. The number of fused-ring (bicyclic) bond motifs is 1. The van der Waals surface area contributed by atoms with Crippen molar-refractivity contribution in [3.05, 3.63) is 59.2 Å². The van der Waals surface area contributed by atoms with Gasteiger partial charge in [-0.25, -0.2) is 4.79 Å². The Kier molecular flexibility index (Phi) is 8.41. The Morgan fingerprint density at radius 2 is 1.91 bits per heavy atom. The predicted octanol–water partition coefficient (Wildman–Crippen LogP) is 6.24. The van der Waals surface area contributed by atoms with E-state index in [1.54, 1.807) is 18.2 Å². The van der Waals surface area contributed by atoms with E-state index in [-0.39, 0.29) is 17.5 Å². The van der Waals surface area contributed by atoms with Crippen LogP contribution in [0.3, 0.4) is 0 Å². The lowest BCUT2D eigenvalue weighted by molar-refractivity contribution is 0.101. The van der Waals surface area contributed by atoms with Gasteiger partial charge in [-0.1, -0.05) is 19.4 Å². The van der Waals surface area contributed by atoms with Gasteiger partial charge in [-0.3, -0.25) is 4.79 Å². The third-order valence-electron chi connectivity index (χ3n) is 5.50. The average Bonchev–Trinajstić information content (AvgIpc) is 3.19. The first kappa shape index (κ1) is 25.7. The second-order valence-electron chi connectivity index (χ2n) is 8.13. The Labute approximate surface area is 203 Å². The zero-order chi connectivity index (χ0) is 25.5. The van der Waals surface area contributed by atoms with Crippen molar-refractivity contribution in [2.75, 3.05) is 13.2 Å². The van der Waals surface area contributed by atoms with Crippen molar-refractivity contribution in [1.82, 2.24) is 0 Å². The molecule has 0 atom stereocenters. The number of ether oxygens (including phenoxy) is 3. The van der Waals surface area contributed by atoms with Crippen molar-refractivity contribution in [3.63, 3.8) is 0 Å². The molecular weight excluding hydrogens is 452 g/mol. The lowest BCUT2D eigenvalue weighted by Crippen LogP contribution is -2.08. The van der Waals surface area contributed by atoms with E-state index in [4.69, 9.17) is 19.0 Å². The highest BCUT2D eigenvalue weighted by molar-refractivity contribution is 5.97. The monoisotopic (exact) mass is 482 g/mol. The number of carbonyl (C=O) groups excluding carboxylic acids is 1. The number of carbonyl (C=O) groups is 2. The van der Waals surface area contributed by atoms with E-state index in [9.17, 15) is 14.7 Å². The number of aromatic hydroxyl groups is 1. The first-order valence-electron chi connectivity index (χ1n) is 11.5. The molecule has 35 heavy (non-hydrogen) atoms. The number of hydrogen-bond donors (Lipinski definition) is 2.